The Morgan fingerprint density at radius 1 is 1.06 bits per heavy atom. The molecular weight excluding hydrogens is 420 g/mol. The van der Waals surface area contributed by atoms with Crippen molar-refractivity contribution < 1.29 is 24.2 Å². The first kappa shape index (κ1) is 21.5. The Balaban J connectivity index is 1.27. The summed E-state index contributed by atoms with van der Waals surface area (Å²) in [6, 6.07) is 15.3. The second-order valence-electron chi connectivity index (χ2n) is 9.21. The highest BCUT2D eigenvalue weighted by Gasteiger charge is 2.59. The van der Waals surface area contributed by atoms with Crippen LogP contribution >= 0.6 is 0 Å². The van der Waals surface area contributed by atoms with E-state index in [4.69, 9.17) is 4.74 Å². The van der Waals surface area contributed by atoms with Crippen molar-refractivity contribution in [3.05, 3.63) is 59.7 Å². The summed E-state index contributed by atoms with van der Waals surface area (Å²) in [6.07, 6.45) is 2.04. The lowest BCUT2D eigenvalue weighted by molar-refractivity contribution is -0.156. The molecule has 3 aliphatic rings. The number of alkyl carbamates (subject to hydrolysis) is 1. The highest BCUT2D eigenvalue weighted by molar-refractivity contribution is 5.93. The van der Waals surface area contributed by atoms with Gasteiger partial charge in [0, 0.05) is 12.0 Å². The van der Waals surface area contributed by atoms with Crippen LogP contribution < -0.4 is 5.32 Å². The van der Waals surface area contributed by atoms with E-state index in [2.05, 4.69) is 17.4 Å². The zero-order valence-electron chi connectivity index (χ0n) is 18.6. The number of amides is 2. The molecule has 0 radical (unpaired) electrons. The first-order valence-corrected chi connectivity index (χ1v) is 11.6. The number of hydrogen-bond acceptors (Lipinski definition) is 4. The molecule has 2 aromatic carbocycles. The lowest BCUT2D eigenvalue weighted by Crippen LogP contribution is -2.57. The summed E-state index contributed by atoms with van der Waals surface area (Å²) in [6.45, 7) is 1.97. The van der Waals surface area contributed by atoms with E-state index in [1.807, 2.05) is 36.4 Å². The molecule has 2 heterocycles. The Morgan fingerprint density at radius 3 is 2.18 bits per heavy atom. The number of carbonyl (C=O) groups is 3. The van der Waals surface area contributed by atoms with Gasteiger partial charge >= 0.3 is 12.1 Å². The van der Waals surface area contributed by atoms with Crippen LogP contribution in [0.4, 0.5) is 4.79 Å². The molecule has 2 fully saturated rings. The summed E-state index contributed by atoms with van der Waals surface area (Å²) in [5.41, 5.74) is 3.40. The van der Waals surface area contributed by atoms with Crippen LogP contribution in [0.5, 0.6) is 0 Å². The zero-order valence-corrected chi connectivity index (χ0v) is 18.6. The van der Waals surface area contributed by atoms with E-state index in [1.165, 1.54) is 4.90 Å². The van der Waals surface area contributed by atoms with Crippen molar-refractivity contribution in [3.63, 3.8) is 0 Å². The number of benzene rings is 2. The number of ether oxygens (including phenoxy) is 1. The number of carbonyl (C=O) groups excluding carboxylic acids is 2. The summed E-state index contributed by atoms with van der Waals surface area (Å²) in [4.78, 5) is 39.4. The van der Waals surface area contributed by atoms with Gasteiger partial charge in [-0.3, -0.25) is 4.79 Å². The summed E-state index contributed by atoms with van der Waals surface area (Å²) in [5, 5.41) is 12.5. The maximum atomic E-state index is 13.3. The van der Waals surface area contributed by atoms with Gasteiger partial charge in [-0.15, -0.1) is 0 Å². The average Bonchev–Trinajstić information content (AvgIpc) is 3.49. The first-order chi connectivity index (χ1) is 16.0. The Morgan fingerprint density at radius 2 is 1.64 bits per heavy atom. The fraction of sp³-hybridized carbons (Fsp3) is 0.423. The number of rotatable bonds is 6. The second kappa shape index (κ2) is 8.21. The van der Waals surface area contributed by atoms with E-state index < -0.39 is 23.6 Å². The minimum Gasteiger partial charge on any atom is -0.479 e. The van der Waals surface area contributed by atoms with E-state index in [9.17, 15) is 19.5 Å². The van der Waals surface area contributed by atoms with Crippen LogP contribution in [0.15, 0.2) is 48.5 Å². The molecule has 1 atom stereocenters. The topological polar surface area (TPSA) is 95.9 Å². The third-order valence-corrected chi connectivity index (χ3v) is 7.59. The largest absolute Gasteiger partial charge is 0.479 e. The van der Waals surface area contributed by atoms with Gasteiger partial charge in [0.25, 0.3) is 0 Å². The molecule has 1 aliphatic carbocycles. The predicted molar refractivity (Wildman–Crippen MR) is 122 cm³/mol. The average molecular weight is 449 g/mol. The molecule has 2 amide bonds. The lowest BCUT2D eigenvalue weighted by Gasteiger charge is -2.33. The number of nitrogens with zero attached hydrogens (tertiary/aromatic N) is 1. The molecule has 0 unspecified atom stereocenters. The molecule has 2 bridgehead atoms. The first-order valence-electron chi connectivity index (χ1n) is 11.6. The molecule has 2 aliphatic heterocycles. The Bertz CT molecular complexity index is 1060. The molecule has 2 N–H and O–H groups in total. The van der Waals surface area contributed by atoms with Gasteiger partial charge in [0.2, 0.25) is 5.91 Å². The maximum Gasteiger partial charge on any atom is 0.407 e. The third kappa shape index (κ3) is 3.37. The van der Waals surface area contributed by atoms with Gasteiger partial charge in [-0.2, -0.15) is 0 Å². The van der Waals surface area contributed by atoms with E-state index in [1.54, 1.807) is 6.92 Å². The predicted octanol–water partition coefficient (Wildman–Crippen LogP) is 3.91. The number of carboxylic acids is 1. The molecule has 7 nitrogen and oxygen atoms in total. The molecule has 0 aromatic heterocycles. The normalized spacial score (nSPS) is 23.7. The monoisotopic (exact) mass is 448 g/mol. The summed E-state index contributed by atoms with van der Waals surface area (Å²) in [5.74, 6) is -1.34. The third-order valence-electron chi connectivity index (χ3n) is 7.59. The summed E-state index contributed by atoms with van der Waals surface area (Å²) < 4.78 is 5.59. The van der Waals surface area contributed by atoms with Crippen LogP contribution in [0.25, 0.3) is 11.1 Å². The molecule has 0 saturated carbocycles. The smallest absolute Gasteiger partial charge is 0.407 e. The summed E-state index contributed by atoms with van der Waals surface area (Å²) >= 11 is 0. The standard InChI is InChI=1S/C26H28N2O5/c1-2-22(23(29)28-16-11-13-26(28,14-12-16)24(30)31)27-25(32)33-15-21-19-9-5-3-7-17(19)18-8-4-6-10-20(18)21/h3-10,16,21-22H,2,11-15H2,1H3,(H,27,32)(H,30,31)/t16?,22-,26?/m0/s1. The van der Waals surface area contributed by atoms with Crippen LogP contribution in [0, 0.1) is 0 Å². The maximum absolute atomic E-state index is 13.3. The number of aliphatic carboxylic acids is 1. The SMILES string of the molecule is CC[C@H](NC(=O)OCC1c2ccccc2-c2ccccc21)C(=O)N1C2CCC1(C(=O)O)CC2. The van der Waals surface area contributed by atoms with Gasteiger partial charge in [-0.1, -0.05) is 55.5 Å². The minimum atomic E-state index is -1.13. The quantitative estimate of drug-likeness (QED) is 0.699. The van der Waals surface area contributed by atoms with Crippen LogP contribution in [0.2, 0.25) is 0 Å². The van der Waals surface area contributed by atoms with Crippen molar-refractivity contribution in [3.8, 4) is 11.1 Å². The fourth-order valence-electron chi connectivity index (χ4n) is 5.93. The van der Waals surface area contributed by atoms with E-state index in [-0.39, 0.29) is 24.5 Å². The number of hydrogen-bond donors (Lipinski definition) is 2. The highest BCUT2D eigenvalue weighted by Crippen LogP contribution is 2.47. The lowest BCUT2D eigenvalue weighted by atomic mass is 9.88. The van der Waals surface area contributed by atoms with Crippen molar-refractivity contribution in [2.75, 3.05) is 6.61 Å². The van der Waals surface area contributed by atoms with Gasteiger partial charge in [-0.05, 0) is 54.4 Å². The van der Waals surface area contributed by atoms with Crippen molar-refractivity contribution in [2.45, 2.75) is 62.6 Å². The van der Waals surface area contributed by atoms with Gasteiger partial charge in [0.05, 0.1) is 0 Å². The summed E-state index contributed by atoms with van der Waals surface area (Å²) in [7, 11) is 0. The van der Waals surface area contributed by atoms with Gasteiger partial charge in [0.15, 0.2) is 0 Å². The number of nitrogens with one attached hydrogen (secondary N) is 1. The van der Waals surface area contributed by atoms with E-state index >= 15 is 0 Å². The van der Waals surface area contributed by atoms with Crippen molar-refractivity contribution >= 4 is 18.0 Å². The van der Waals surface area contributed by atoms with Crippen molar-refractivity contribution in [1.29, 1.82) is 0 Å². The van der Waals surface area contributed by atoms with Gasteiger partial charge in [0.1, 0.15) is 18.2 Å². The van der Waals surface area contributed by atoms with Gasteiger partial charge < -0.3 is 20.1 Å². The van der Waals surface area contributed by atoms with Crippen LogP contribution in [0.3, 0.4) is 0 Å². The van der Waals surface area contributed by atoms with Crippen molar-refractivity contribution in [1.82, 2.24) is 10.2 Å². The molecule has 7 heteroatoms. The molecule has 0 spiro atoms. The minimum absolute atomic E-state index is 0.0630. The second-order valence-corrected chi connectivity index (χ2v) is 9.21. The highest BCUT2D eigenvalue weighted by atomic mass is 16.5. The number of carboxylic acid groups (broad SMARTS) is 1. The van der Waals surface area contributed by atoms with E-state index in [0.717, 1.165) is 22.3 Å². The Hall–Kier alpha value is -3.35. The number of fused-ring (bicyclic) bond motifs is 5. The molecule has 2 saturated heterocycles. The Labute approximate surface area is 192 Å². The molecule has 172 valence electrons. The zero-order chi connectivity index (χ0) is 23.2. The van der Waals surface area contributed by atoms with Gasteiger partial charge in [-0.25, -0.2) is 9.59 Å². The van der Waals surface area contributed by atoms with Crippen LogP contribution in [-0.2, 0) is 14.3 Å². The van der Waals surface area contributed by atoms with E-state index in [0.29, 0.717) is 32.1 Å². The molecule has 33 heavy (non-hydrogen) atoms. The fourth-order valence-corrected chi connectivity index (χ4v) is 5.93. The molecular formula is C26H28N2O5. The van der Waals surface area contributed by atoms with Crippen molar-refractivity contribution in [2.24, 2.45) is 0 Å². The van der Waals surface area contributed by atoms with Crippen LogP contribution in [-0.4, -0.2) is 52.2 Å². The molecule has 2 aromatic rings. The Kier molecular flexibility index (Phi) is 5.35. The molecule has 5 rings (SSSR count). The van der Waals surface area contributed by atoms with Crippen LogP contribution in [0.1, 0.15) is 56.1 Å².